The van der Waals surface area contributed by atoms with E-state index in [0.717, 1.165) is 11.3 Å². The fraction of sp³-hybridized carbons (Fsp3) is 0.100. The summed E-state index contributed by atoms with van der Waals surface area (Å²) < 4.78 is 13.9. The molecule has 0 aliphatic carbocycles. The summed E-state index contributed by atoms with van der Waals surface area (Å²) in [7, 11) is 3.18. The van der Waals surface area contributed by atoms with Crippen molar-refractivity contribution in [2.45, 2.75) is 0 Å². The van der Waals surface area contributed by atoms with Crippen LogP contribution in [0, 0.1) is 0 Å². The second-order valence-corrected chi connectivity index (χ2v) is 5.74. The van der Waals surface area contributed by atoms with E-state index in [0.29, 0.717) is 22.8 Å². The van der Waals surface area contributed by atoms with E-state index < -0.39 is 0 Å². The van der Waals surface area contributed by atoms with E-state index >= 15 is 0 Å². The molecule has 2 aromatic carbocycles. The summed E-state index contributed by atoms with van der Waals surface area (Å²) in [4.78, 5) is 17.4. The highest BCUT2D eigenvalue weighted by molar-refractivity contribution is 5.66. The minimum absolute atomic E-state index is 0.176. The molecule has 26 heavy (non-hydrogen) atoms. The number of methoxy groups -OCH3 is 2. The number of nitrogens with zero attached hydrogens (tertiary/aromatic N) is 3. The average molecular weight is 347 g/mol. The van der Waals surface area contributed by atoms with E-state index in [4.69, 9.17) is 9.47 Å². The molecule has 6 nitrogen and oxygen atoms in total. The fourth-order valence-electron chi connectivity index (χ4n) is 2.91. The lowest BCUT2D eigenvalue weighted by Gasteiger charge is -2.08. The molecule has 0 saturated carbocycles. The normalized spacial score (nSPS) is 10.8. The van der Waals surface area contributed by atoms with Crippen molar-refractivity contribution in [2.24, 2.45) is 0 Å². The monoisotopic (exact) mass is 347 g/mol. The van der Waals surface area contributed by atoms with Gasteiger partial charge in [-0.1, -0.05) is 18.2 Å². The van der Waals surface area contributed by atoms with E-state index in [1.807, 2.05) is 60.9 Å². The Kier molecular flexibility index (Phi) is 3.93. The van der Waals surface area contributed by atoms with Gasteiger partial charge in [0.25, 0.3) is 5.56 Å². The van der Waals surface area contributed by atoms with E-state index in [2.05, 4.69) is 4.98 Å². The van der Waals surface area contributed by atoms with Crippen LogP contribution in [-0.4, -0.2) is 28.2 Å². The summed E-state index contributed by atoms with van der Waals surface area (Å²) in [6, 6.07) is 15.0. The van der Waals surface area contributed by atoms with Crippen LogP contribution in [0.4, 0.5) is 0 Å². The molecule has 0 aliphatic rings. The van der Waals surface area contributed by atoms with Crippen LogP contribution in [0.2, 0.25) is 0 Å². The van der Waals surface area contributed by atoms with Gasteiger partial charge in [-0.15, -0.1) is 0 Å². The predicted octanol–water partition coefficient (Wildman–Crippen LogP) is 3.17. The molecular weight excluding hydrogens is 330 g/mol. The van der Waals surface area contributed by atoms with Crippen molar-refractivity contribution in [2.75, 3.05) is 14.2 Å². The highest BCUT2D eigenvalue weighted by Crippen LogP contribution is 2.31. The second-order valence-electron chi connectivity index (χ2n) is 5.74. The number of benzene rings is 2. The molecule has 4 aromatic rings. The van der Waals surface area contributed by atoms with Crippen LogP contribution in [0.5, 0.6) is 11.5 Å². The Hall–Kier alpha value is -3.54. The molecule has 4 rings (SSSR count). The maximum atomic E-state index is 12.8. The molecule has 0 radical (unpaired) electrons. The van der Waals surface area contributed by atoms with Crippen molar-refractivity contribution in [1.82, 2.24) is 14.0 Å². The smallest absolute Gasteiger partial charge is 0.298 e. The first-order chi connectivity index (χ1) is 12.7. The van der Waals surface area contributed by atoms with Gasteiger partial charge in [-0.05, 0) is 30.3 Å². The molecular formula is C20H17N3O3. The first-order valence-electron chi connectivity index (χ1n) is 8.09. The predicted molar refractivity (Wildman–Crippen MR) is 99.3 cm³/mol. The third kappa shape index (κ3) is 2.61. The number of imidazole rings is 1. The van der Waals surface area contributed by atoms with Gasteiger partial charge in [0.15, 0.2) is 11.5 Å². The van der Waals surface area contributed by atoms with E-state index in [9.17, 15) is 4.79 Å². The van der Waals surface area contributed by atoms with Crippen LogP contribution in [0.3, 0.4) is 0 Å². The lowest BCUT2D eigenvalue weighted by Crippen LogP contribution is -2.19. The van der Waals surface area contributed by atoms with Crippen molar-refractivity contribution in [3.05, 3.63) is 77.5 Å². The average Bonchev–Trinajstić information content (AvgIpc) is 3.13. The maximum absolute atomic E-state index is 12.8. The Bertz CT molecular complexity index is 1130. The van der Waals surface area contributed by atoms with Gasteiger partial charge < -0.3 is 13.9 Å². The minimum Gasteiger partial charge on any atom is -0.493 e. The number of hydrogen-bond acceptors (Lipinski definition) is 4. The topological polar surface area (TPSA) is 57.8 Å². The van der Waals surface area contributed by atoms with E-state index in [1.54, 1.807) is 29.4 Å². The number of fused-ring (bicyclic) bond motifs is 1. The van der Waals surface area contributed by atoms with Crippen LogP contribution < -0.4 is 15.0 Å². The molecule has 0 atom stereocenters. The summed E-state index contributed by atoms with van der Waals surface area (Å²) >= 11 is 0. The molecule has 2 aromatic heterocycles. The Morgan fingerprint density at radius 1 is 0.923 bits per heavy atom. The fourth-order valence-corrected chi connectivity index (χ4v) is 2.91. The molecule has 6 heteroatoms. The van der Waals surface area contributed by atoms with E-state index in [-0.39, 0.29) is 5.56 Å². The third-order valence-electron chi connectivity index (χ3n) is 4.23. The third-order valence-corrected chi connectivity index (χ3v) is 4.23. The van der Waals surface area contributed by atoms with Gasteiger partial charge in [0.05, 0.1) is 19.9 Å². The zero-order chi connectivity index (χ0) is 18.1. The van der Waals surface area contributed by atoms with Crippen molar-refractivity contribution in [3.8, 4) is 28.4 Å². The Balaban J connectivity index is 1.84. The zero-order valence-electron chi connectivity index (χ0n) is 14.4. The number of para-hydroxylation sites is 1. The molecule has 2 heterocycles. The van der Waals surface area contributed by atoms with Gasteiger partial charge in [0.1, 0.15) is 0 Å². The minimum atomic E-state index is -0.176. The van der Waals surface area contributed by atoms with Crippen molar-refractivity contribution in [3.63, 3.8) is 0 Å². The van der Waals surface area contributed by atoms with Crippen LogP contribution in [0.15, 0.2) is 71.9 Å². The van der Waals surface area contributed by atoms with Gasteiger partial charge in [0, 0.05) is 29.8 Å². The summed E-state index contributed by atoms with van der Waals surface area (Å²) in [6.45, 7) is 0. The number of aromatic nitrogens is 3. The number of hydrogen-bond donors (Lipinski definition) is 0. The molecule has 0 N–H and O–H groups in total. The maximum Gasteiger partial charge on any atom is 0.298 e. The highest BCUT2D eigenvalue weighted by atomic mass is 16.5. The van der Waals surface area contributed by atoms with Crippen molar-refractivity contribution >= 4 is 5.65 Å². The van der Waals surface area contributed by atoms with Crippen molar-refractivity contribution in [1.29, 1.82) is 0 Å². The molecule has 0 bridgehead atoms. The van der Waals surface area contributed by atoms with Gasteiger partial charge in [0.2, 0.25) is 5.65 Å². The summed E-state index contributed by atoms with van der Waals surface area (Å²) in [6.07, 6.45) is 5.39. The first-order valence-corrected chi connectivity index (χ1v) is 8.09. The molecule has 0 fully saturated rings. The van der Waals surface area contributed by atoms with Crippen molar-refractivity contribution < 1.29 is 9.47 Å². The lowest BCUT2D eigenvalue weighted by molar-refractivity contribution is 0.355. The number of rotatable bonds is 4. The zero-order valence-corrected chi connectivity index (χ0v) is 14.4. The highest BCUT2D eigenvalue weighted by Gasteiger charge is 2.12. The molecule has 0 aliphatic heterocycles. The van der Waals surface area contributed by atoms with Crippen LogP contribution in [-0.2, 0) is 0 Å². The van der Waals surface area contributed by atoms with E-state index in [1.165, 1.54) is 0 Å². The lowest BCUT2D eigenvalue weighted by atomic mass is 10.1. The van der Waals surface area contributed by atoms with Gasteiger partial charge in [-0.25, -0.2) is 4.98 Å². The van der Waals surface area contributed by atoms with Crippen LogP contribution in [0.1, 0.15) is 0 Å². The summed E-state index contributed by atoms with van der Waals surface area (Å²) in [5, 5.41) is 0. The van der Waals surface area contributed by atoms with Gasteiger partial charge in [-0.2, -0.15) is 0 Å². The summed E-state index contributed by atoms with van der Waals surface area (Å²) in [5.74, 6) is 1.26. The Labute approximate surface area is 149 Å². The molecule has 0 saturated heterocycles. The quantitative estimate of drug-likeness (QED) is 0.569. The van der Waals surface area contributed by atoms with Gasteiger partial charge in [-0.3, -0.25) is 9.36 Å². The Morgan fingerprint density at radius 3 is 2.42 bits per heavy atom. The molecule has 130 valence electrons. The second kappa shape index (κ2) is 6.40. The first kappa shape index (κ1) is 16.0. The molecule has 0 amide bonds. The largest absolute Gasteiger partial charge is 0.493 e. The number of ether oxygens (including phenoxy) is 2. The Morgan fingerprint density at radius 2 is 1.69 bits per heavy atom. The van der Waals surface area contributed by atoms with Crippen LogP contribution in [0.25, 0.3) is 22.6 Å². The van der Waals surface area contributed by atoms with Gasteiger partial charge >= 0.3 is 0 Å². The molecule has 0 unspecified atom stereocenters. The van der Waals surface area contributed by atoms with Crippen LogP contribution >= 0.6 is 0 Å². The summed E-state index contributed by atoms with van der Waals surface area (Å²) in [5.41, 5.74) is 2.52. The SMILES string of the molecule is COc1ccc(-c2cn3ccn(-c4ccccc4)c(=O)c3n2)cc1OC. The standard InChI is InChI=1S/C20H17N3O3/c1-25-17-9-8-14(12-18(17)26-2)16-13-22-10-11-23(20(24)19(22)21-16)15-6-4-3-5-7-15/h3-13H,1-2H3. The molecule has 0 spiro atoms.